The van der Waals surface area contributed by atoms with Crippen LogP contribution in [0.5, 0.6) is 0 Å². The number of amides is 1. The molecule has 4 atom stereocenters. The summed E-state index contributed by atoms with van der Waals surface area (Å²) in [6, 6.07) is 0. The van der Waals surface area contributed by atoms with E-state index in [1.54, 1.807) is 17.1 Å². The zero-order valence-electron chi connectivity index (χ0n) is 15.0. The molecule has 2 aliphatic heterocycles. The van der Waals surface area contributed by atoms with Gasteiger partial charge in [0.2, 0.25) is 24.3 Å². The number of rotatable bonds is 4. The molecule has 0 bridgehead atoms. The summed E-state index contributed by atoms with van der Waals surface area (Å²) in [5.74, 6) is -0.752. The Labute approximate surface area is 145 Å². The summed E-state index contributed by atoms with van der Waals surface area (Å²) >= 11 is 0. The molecule has 1 N–H and O–H groups in total. The molecule has 1 aromatic rings. The fraction of sp³-hybridized carbons (Fsp3) is 0.688. The average molecular weight is 354 g/mol. The van der Waals surface area contributed by atoms with Gasteiger partial charge in [0, 0.05) is 13.8 Å². The first-order valence-corrected chi connectivity index (χ1v) is 8.15. The molecule has 25 heavy (non-hydrogen) atoms. The van der Waals surface area contributed by atoms with Crippen LogP contribution in [0.15, 0.2) is 12.5 Å². The Kier molecular flexibility index (Phi) is 4.56. The van der Waals surface area contributed by atoms with Crippen LogP contribution in [-0.4, -0.2) is 47.1 Å². The maximum atomic E-state index is 11.5. The molecule has 0 aliphatic carbocycles. The minimum atomic E-state index is -0.769. The Morgan fingerprint density at radius 1 is 1.32 bits per heavy atom. The third-order valence-electron chi connectivity index (χ3n) is 4.07. The summed E-state index contributed by atoms with van der Waals surface area (Å²) in [7, 11) is 1.85. The van der Waals surface area contributed by atoms with Gasteiger partial charge in [-0.2, -0.15) is 4.57 Å². The molecule has 0 spiro atoms. The third kappa shape index (κ3) is 3.68. The monoisotopic (exact) mass is 354 g/mol. The number of nitrogens with zero attached hydrogens (tertiary/aromatic N) is 2. The number of esters is 1. The first kappa shape index (κ1) is 17.8. The van der Waals surface area contributed by atoms with Crippen molar-refractivity contribution in [3.8, 4) is 0 Å². The molecule has 0 aromatic carbocycles. The van der Waals surface area contributed by atoms with Crippen LogP contribution in [0, 0.1) is 0 Å². The quantitative estimate of drug-likeness (QED) is 0.616. The van der Waals surface area contributed by atoms with Gasteiger partial charge in [-0.15, -0.1) is 0 Å². The van der Waals surface area contributed by atoms with E-state index in [1.807, 2.05) is 25.5 Å². The molecule has 2 fully saturated rings. The number of aryl methyl sites for hydroxylation is 1. The lowest BCUT2D eigenvalue weighted by Crippen LogP contribution is -2.33. The van der Waals surface area contributed by atoms with Crippen molar-refractivity contribution in [2.24, 2.45) is 7.05 Å². The number of hydrogen-bond acceptors (Lipinski definition) is 6. The highest BCUT2D eigenvalue weighted by Crippen LogP contribution is 2.43. The minimum absolute atomic E-state index is 0.0787. The van der Waals surface area contributed by atoms with Gasteiger partial charge in [0.1, 0.15) is 18.8 Å². The number of aromatic nitrogens is 2. The van der Waals surface area contributed by atoms with Crippen molar-refractivity contribution in [3.63, 3.8) is 0 Å². The molecule has 2 aliphatic rings. The zero-order chi connectivity index (χ0) is 18.4. The van der Waals surface area contributed by atoms with Crippen LogP contribution in [0.4, 0.5) is 5.82 Å². The Hall–Kier alpha value is -1.97. The largest absolute Gasteiger partial charge is 0.463 e. The summed E-state index contributed by atoms with van der Waals surface area (Å²) in [5.41, 5.74) is 0. The van der Waals surface area contributed by atoms with Crippen LogP contribution in [0.2, 0.25) is 0 Å². The van der Waals surface area contributed by atoms with E-state index in [0.29, 0.717) is 5.82 Å². The molecular formula is C16H24N3O6+. The topological polar surface area (TPSA) is 91.9 Å². The molecule has 138 valence electrons. The molecule has 1 aromatic heterocycles. The highest BCUT2D eigenvalue weighted by atomic mass is 16.8. The summed E-state index contributed by atoms with van der Waals surface area (Å²) in [6.45, 7) is 6.53. The van der Waals surface area contributed by atoms with E-state index in [2.05, 4.69) is 5.32 Å². The number of carbonyl (C=O) groups excluding carboxylic acids is 2. The molecule has 9 heteroatoms. The first-order chi connectivity index (χ1) is 11.7. The zero-order valence-corrected chi connectivity index (χ0v) is 15.0. The lowest BCUT2D eigenvalue weighted by Gasteiger charge is -2.23. The van der Waals surface area contributed by atoms with Gasteiger partial charge in [-0.05, 0) is 13.8 Å². The van der Waals surface area contributed by atoms with E-state index < -0.39 is 24.2 Å². The van der Waals surface area contributed by atoms with E-state index in [0.717, 1.165) is 0 Å². The van der Waals surface area contributed by atoms with Crippen molar-refractivity contribution in [2.75, 3.05) is 11.9 Å². The number of ether oxygens (including phenoxy) is 4. The van der Waals surface area contributed by atoms with Gasteiger partial charge in [-0.1, -0.05) is 0 Å². The van der Waals surface area contributed by atoms with Crippen molar-refractivity contribution in [3.05, 3.63) is 12.5 Å². The summed E-state index contributed by atoms with van der Waals surface area (Å²) in [5, 5.41) is 2.78. The predicted octanol–water partition coefficient (Wildman–Crippen LogP) is 0.252. The number of anilines is 1. The summed E-state index contributed by atoms with van der Waals surface area (Å²) in [4.78, 5) is 22.6. The number of fused-ring (bicyclic) bond motifs is 1. The van der Waals surface area contributed by atoms with Crippen molar-refractivity contribution in [1.29, 1.82) is 0 Å². The lowest BCUT2D eigenvalue weighted by molar-refractivity contribution is -0.671. The minimum Gasteiger partial charge on any atom is -0.463 e. The summed E-state index contributed by atoms with van der Waals surface area (Å²) in [6.07, 6.45) is 1.83. The van der Waals surface area contributed by atoms with E-state index >= 15 is 0 Å². The number of hydrogen-bond donors (Lipinski definition) is 1. The number of carbonyl (C=O) groups is 2. The van der Waals surface area contributed by atoms with Crippen LogP contribution in [0.1, 0.15) is 33.9 Å². The molecular weight excluding hydrogens is 330 g/mol. The summed E-state index contributed by atoms with van der Waals surface area (Å²) < 4.78 is 26.7. The molecule has 2 saturated heterocycles. The van der Waals surface area contributed by atoms with Crippen LogP contribution in [0.3, 0.4) is 0 Å². The van der Waals surface area contributed by atoms with Gasteiger partial charge >= 0.3 is 5.97 Å². The molecule has 0 unspecified atom stereocenters. The Morgan fingerprint density at radius 2 is 2.00 bits per heavy atom. The Bertz CT molecular complexity index is 685. The highest BCUT2D eigenvalue weighted by Gasteiger charge is 2.58. The smallest absolute Gasteiger partial charge is 0.302 e. The Morgan fingerprint density at radius 3 is 2.64 bits per heavy atom. The molecule has 3 rings (SSSR count). The van der Waals surface area contributed by atoms with Gasteiger partial charge < -0.3 is 18.9 Å². The fourth-order valence-corrected chi connectivity index (χ4v) is 3.25. The van der Waals surface area contributed by atoms with Gasteiger partial charge in [-0.3, -0.25) is 14.9 Å². The number of imidazole rings is 1. The van der Waals surface area contributed by atoms with Crippen LogP contribution in [-0.2, 0) is 35.6 Å². The molecule has 1 amide bonds. The standard InChI is InChI=1S/C16H23N3O6/c1-9(20)17-12-6-18(5)8-19(12)15-14-13(24-16(3,4)25-14)11(23-15)7-22-10(2)21/h6,8,11,13-15H,7H2,1-5H3/p+1/t11-,13-,14-,15-/m1/s1. The van der Waals surface area contributed by atoms with E-state index in [-0.39, 0.29) is 24.6 Å². The highest BCUT2D eigenvalue weighted by molar-refractivity contribution is 5.87. The van der Waals surface area contributed by atoms with Gasteiger partial charge in [0.05, 0.1) is 7.05 Å². The van der Waals surface area contributed by atoms with E-state index in [1.165, 1.54) is 13.8 Å². The van der Waals surface area contributed by atoms with Crippen molar-refractivity contribution < 1.29 is 33.1 Å². The van der Waals surface area contributed by atoms with E-state index in [4.69, 9.17) is 18.9 Å². The molecule has 3 heterocycles. The fourth-order valence-electron chi connectivity index (χ4n) is 3.25. The maximum Gasteiger partial charge on any atom is 0.302 e. The van der Waals surface area contributed by atoms with E-state index in [9.17, 15) is 9.59 Å². The van der Waals surface area contributed by atoms with Crippen molar-refractivity contribution in [1.82, 2.24) is 4.57 Å². The molecule has 0 saturated carbocycles. The second-order valence-electron chi connectivity index (χ2n) is 6.82. The van der Waals surface area contributed by atoms with Crippen LogP contribution < -0.4 is 9.88 Å². The molecule has 9 nitrogen and oxygen atoms in total. The predicted molar refractivity (Wildman–Crippen MR) is 84.3 cm³/mol. The normalized spacial score (nSPS) is 30.1. The maximum absolute atomic E-state index is 11.5. The van der Waals surface area contributed by atoms with Gasteiger partial charge in [0.25, 0.3) is 0 Å². The first-order valence-electron chi connectivity index (χ1n) is 8.15. The average Bonchev–Trinajstić information content (AvgIpc) is 3.07. The second kappa shape index (κ2) is 6.40. The lowest BCUT2D eigenvalue weighted by atomic mass is 10.1. The van der Waals surface area contributed by atoms with Gasteiger partial charge in [-0.25, -0.2) is 4.57 Å². The van der Waals surface area contributed by atoms with Crippen LogP contribution >= 0.6 is 0 Å². The SMILES string of the molecule is CC(=O)Nc1c[n+](C)cn1[C@@H]1O[C@H](COC(C)=O)[C@H]2OC(C)(C)O[C@H]21. The number of nitrogens with one attached hydrogen (secondary N) is 1. The second-order valence-corrected chi connectivity index (χ2v) is 6.82. The van der Waals surface area contributed by atoms with Gasteiger partial charge in [0.15, 0.2) is 18.1 Å². The molecule has 0 radical (unpaired) electrons. The van der Waals surface area contributed by atoms with Crippen LogP contribution in [0.25, 0.3) is 0 Å². The van der Waals surface area contributed by atoms with Crippen molar-refractivity contribution in [2.45, 2.75) is 58.0 Å². The third-order valence-corrected chi connectivity index (χ3v) is 4.07. The Balaban J connectivity index is 1.88. The van der Waals surface area contributed by atoms with Crippen molar-refractivity contribution >= 4 is 17.7 Å².